The van der Waals surface area contributed by atoms with E-state index in [0.717, 1.165) is 120 Å². The minimum absolute atomic E-state index is 0.00942. The van der Waals surface area contributed by atoms with Gasteiger partial charge in [0.25, 0.3) is 0 Å². The maximum atomic E-state index is 13.7. The Morgan fingerprint density at radius 2 is 0.793 bits per heavy atom. The summed E-state index contributed by atoms with van der Waals surface area (Å²) < 4.78 is 91.4. The summed E-state index contributed by atoms with van der Waals surface area (Å²) in [5.74, 6) is 5.89. The highest BCUT2D eigenvalue weighted by molar-refractivity contribution is 7.74. The predicted octanol–water partition coefficient (Wildman–Crippen LogP) is 20.2. The van der Waals surface area contributed by atoms with E-state index < -0.39 is 65.7 Å². The predicted molar refractivity (Wildman–Crippen MR) is 373 cm³/mol. The first kappa shape index (κ1) is 83.8. The maximum Gasteiger partial charge on any atom is 0.343 e. The molecule has 21 heteroatoms. The third kappa shape index (κ3) is 28.6. The molecule has 2 aromatic carbocycles. The van der Waals surface area contributed by atoms with E-state index in [1.54, 1.807) is 26.8 Å². The van der Waals surface area contributed by atoms with Crippen molar-refractivity contribution in [2.24, 2.45) is 35.5 Å². The van der Waals surface area contributed by atoms with E-state index in [0.29, 0.717) is 23.0 Å². The number of ether oxygens (including phenoxy) is 4. The lowest BCUT2D eigenvalue weighted by Crippen LogP contribution is -2.36. The number of hydrogen-bond acceptors (Lipinski definition) is 13. The van der Waals surface area contributed by atoms with Crippen LogP contribution in [-0.2, 0) is 54.3 Å². The highest BCUT2D eigenvalue weighted by Crippen LogP contribution is 2.70. The van der Waals surface area contributed by atoms with Crippen LogP contribution in [0.5, 0.6) is 23.0 Å². The number of esters is 2. The first-order valence-corrected chi connectivity index (χ1v) is 42.2. The molecule has 8 atom stereocenters. The van der Waals surface area contributed by atoms with Crippen molar-refractivity contribution in [2.45, 2.75) is 307 Å². The van der Waals surface area contributed by atoms with Gasteiger partial charge in [-0.3, -0.25) is 27.8 Å². The van der Waals surface area contributed by atoms with Crippen molar-refractivity contribution >= 4 is 42.1 Å². The Morgan fingerprint density at radius 3 is 1.11 bits per heavy atom. The average Bonchev–Trinajstić information content (AvgIpc) is 0.794. The summed E-state index contributed by atoms with van der Waals surface area (Å²) in [5, 5.41) is -3.30. The van der Waals surface area contributed by atoms with Crippen LogP contribution in [-0.4, -0.2) is 80.0 Å². The molecule has 0 saturated carbocycles. The first-order chi connectivity index (χ1) is 42.8. The minimum atomic E-state index is -5.10. The van der Waals surface area contributed by atoms with Crippen LogP contribution < -0.4 is 18.9 Å². The van der Waals surface area contributed by atoms with Crippen molar-refractivity contribution in [1.29, 1.82) is 0 Å². The van der Waals surface area contributed by atoms with Crippen LogP contribution in [0.15, 0.2) is 12.1 Å². The average molecular weight is 1380 g/mol. The number of hydrogen-bond donors (Lipinski definition) is 4. The van der Waals surface area contributed by atoms with Crippen molar-refractivity contribution in [2.75, 3.05) is 26.5 Å². The molecule has 0 spiro atoms. The van der Waals surface area contributed by atoms with Gasteiger partial charge in [-0.15, -0.1) is 0 Å². The lowest BCUT2D eigenvalue weighted by Gasteiger charge is -2.37. The Morgan fingerprint density at radius 1 is 0.478 bits per heavy atom. The molecule has 0 radical (unpaired) electrons. The largest absolute Gasteiger partial charge is 0.487 e. The van der Waals surface area contributed by atoms with Gasteiger partial charge >= 0.3 is 34.7 Å². The summed E-state index contributed by atoms with van der Waals surface area (Å²) in [6, 6.07) is 3.69. The van der Waals surface area contributed by atoms with E-state index in [1.807, 2.05) is 33.8 Å². The number of benzene rings is 2. The molecule has 0 aromatic heterocycles. The molecule has 92 heavy (non-hydrogen) atoms. The third-order valence-electron chi connectivity index (χ3n) is 19.2. The van der Waals surface area contributed by atoms with E-state index in [4.69, 9.17) is 32.5 Å². The molecule has 2 aromatic rings. The highest BCUT2D eigenvalue weighted by atomic mass is 31.2. The molecule has 17 nitrogen and oxygen atoms in total. The van der Waals surface area contributed by atoms with Crippen LogP contribution in [0.3, 0.4) is 0 Å². The van der Waals surface area contributed by atoms with Gasteiger partial charge in [-0.25, -0.2) is 0 Å². The molecule has 2 aliphatic rings. The van der Waals surface area contributed by atoms with Crippen molar-refractivity contribution in [3.05, 3.63) is 45.5 Å². The third-order valence-corrected chi connectivity index (χ3v) is 29.5. The van der Waals surface area contributed by atoms with E-state index >= 15 is 0 Å². The monoisotopic (exact) mass is 1370 g/mol. The van der Waals surface area contributed by atoms with E-state index in [9.17, 15) is 47.4 Å². The van der Waals surface area contributed by atoms with Gasteiger partial charge in [0.2, 0.25) is 7.37 Å². The van der Waals surface area contributed by atoms with Crippen molar-refractivity contribution in [1.82, 2.24) is 0 Å². The highest BCUT2D eigenvalue weighted by Gasteiger charge is 2.47. The van der Waals surface area contributed by atoms with Crippen molar-refractivity contribution in [3.63, 3.8) is 0 Å². The van der Waals surface area contributed by atoms with Gasteiger partial charge < -0.3 is 52.1 Å². The summed E-state index contributed by atoms with van der Waals surface area (Å²) in [6.07, 6.45) is 24.6. The molecular formula is C71H126O17P4. The van der Waals surface area contributed by atoms with E-state index in [2.05, 4.69) is 69.2 Å². The topological polar surface area (TPSA) is 248 Å². The molecule has 2 heterocycles. The smallest absolute Gasteiger partial charge is 0.343 e. The van der Waals surface area contributed by atoms with Gasteiger partial charge in [0.15, 0.2) is 5.40 Å². The zero-order valence-corrected chi connectivity index (χ0v) is 63.7. The normalized spacial score (nSPS) is 19.2. The van der Waals surface area contributed by atoms with Gasteiger partial charge in [0, 0.05) is 19.5 Å². The fraction of sp³-hybridized carbons (Fsp3) is 0.803. The van der Waals surface area contributed by atoms with E-state index in [-0.39, 0.29) is 43.9 Å². The Kier molecular flexibility index (Phi) is 35.8. The molecule has 0 saturated heterocycles. The van der Waals surface area contributed by atoms with E-state index in [1.165, 1.54) is 96.6 Å². The molecule has 532 valence electrons. The number of rotatable bonds is 42. The van der Waals surface area contributed by atoms with Gasteiger partial charge in [-0.1, -0.05) is 145 Å². The number of fused-ring (bicyclic) bond motifs is 2. The maximum absolute atomic E-state index is 13.7. The Balaban J connectivity index is 0.000000484. The Bertz CT molecular complexity index is 2760. The summed E-state index contributed by atoms with van der Waals surface area (Å²) >= 11 is 0. The fourth-order valence-electron chi connectivity index (χ4n) is 13.0. The SMILES string of the molecule is CCOP(C)(=O)C(CCC(=O)Oc1cc2c(c(C)c1C)OC(C)(CCCC(C)CCCC(C)CCCC(C)C)CC2)P(=O)(OCC)OCC.Cc1c(OC(=O)CCC(P(=O)(O)O)P(=O)(O)O)cc2c(c1C)OC(C)(CCCC(C)CCCC(C)CCCC(C)C)CC2. The molecule has 4 rings (SSSR count). The second-order valence-electron chi connectivity index (χ2n) is 28.9. The van der Waals surface area contributed by atoms with Crippen molar-refractivity contribution < 1.29 is 79.9 Å². The Labute approximate surface area is 556 Å². The molecule has 0 aliphatic carbocycles. The summed E-state index contributed by atoms with van der Waals surface area (Å²) in [7, 11) is -17.4. The van der Waals surface area contributed by atoms with Crippen LogP contribution in [0, 0.1) is 63.2 Å². The molecule has 4 N–H and O–H groups in total. The summed E-state index contributed by atoms with van der Waals surface area (Å²) in [5.41, 5.74) is 4.90. The zero-order valence-electron chi connectivity index (χ0n) is 60.2. The minimum Gasteiger partial charge on any atom is -0.487 e. The van der Waals surface area contributed by atoms with Gasteiger partial charge in [-0.2, -0.15) is 0 Å². The standard InChI is InChI=1S/C39H70O8P2.C32H56O9P2/c1-12-43-48(11,41)37(49(42,44-13-2)45-14-3)24-23-36(40)46-35-28-34-25-27-39(10,47-38(34)33(9)32(35)8)26-17-22-31(7)21-16-20-30(6)19-15-18-29(4)5;1-22(2)11-8-12-23(3)13-9-14-24(4)15-10-19-32(7)20-18-27-21-28(25(5)26(6)31(27)41-32)40-29(33)16-17-30(42(34,35)36)43(37,38)39/h28-31,37H,12-27H2,1-11H3;21-24,30H,8-20H2,1-7H3,(H2,34,35,36)(H2,37,38,39). The zero-order chi connectivity index (χ0) is 69.4. The first-order valence-electron chi connectivity index (χ1n) is 35.1. The molecule has 2 aliphatic heterocycles. The quantitative estimate of drug-likeness (QED) is 0.0274. The number of aryl methyl sites for hydroxylation is 2. The fourth-order valence-corrected chi connectivity index (χ4v) is 21.0. The van der Waals surface area contributed by atoms with Crippen molar-refractivity contribution in [3.8, 4) is 23.0 Å². The van der Waals surface area contributed by atoms with Crippen LogP contribution >= 0.6 is 30.2 Å². The number of carbonyl (C=O) groups is 2. The van der Waals surface area contributed by atoms with Crippen LogP contribution in [0.25, 0.3) is 0 Å². The van der Waals surface area contributed by atoms with Crippen LogP contribution in [0.2, 0.25) is 0 Å². The second-order valence-corrected chi connectivity index (χ2v) is 38.2. The molecule has 0 bridgehead atoms. The Hall–Kier alpha value is -2.38. The van der Waals surface area contributed by atoms with Crippen LogP contribution in [0.1, 0.15) is 277 Å². The molecule has 0 amide bonds. The molecule has 0 fully saturated rings. The second kappa shape index (κ2) is 39.3. The molecular weight excluding hydrogens is 1250 g/mol. The summed E-state index contributed by atoms with van der Waals surface area (Å²) in [4.78, 5) is 62.8. The van der Waals surface area contributed by atoms with Gasteiger partial charge in [0.05, 0.1) is 19.8 Å². The van der Waals surface area contributed by atoms with Gasteiger partial charge in [-0.05, 0) is 208 Å². The lowest BCUT2D eigenvalue weighted by molar-refractivity contribution is -0.135. The summed E-state index contributed by atoms with van der Waals surface area (Å²) in [6.45, 7) is 37.9. The van der Waals surface area contributed by atoms with Gasteiger partial charge in [0.1, 0.15) is 39.6 Å². The van der Waals surface area contributed by atoms with Crippen LogP contribution in [0.4, 0.5) is 0 Å². The lowest BCUT2D eigenvalue weighted by atomic mass is 9.85. The number of carbonyl (C=O) groups excluding carboxylic acids is 2. The molecule has 8 unspecified atom stereocenters.